The third-order valence-corrected chi connectivity index (χ3v) is 3.61. The maximum absolute atomic E-state index is 13.5. The number of oxime groups is 1. The Bertz CT molecular complexity index is 569. The average Bonchev–Trinajstić information content (AvgIpc) is 2.37. The third-order valence-electron chi connectivity index (χ3n) is 3.61. The van der Waals surface area contributed by atoms with Gasteiger partial charge in [0, 0.05) is 6.07 Å². The Morgan fingerprint density at radius 3 is 2.65 bits per heavy atom. The van der Waals surface area contributed by atoms with Crippen LogP contribution in [0.15, 0.2) is 23.4 Å². The summed E-state index contributed by atoms with van der Waals surface area (Å²) in [6, 6.07) is 2.85. The van der Waals surface area contributed by atoms with E-state index in [-0.39, 0.29) is 17.4 Å². The predicted molar refractivity (Wildman–Crippen MR) is 69.2 cm³/mol. The van der Waals surface area contributed by atoms with Gasteiger partial charge in [0.05, 0.1) is 5.69 Å². The van der Waals surface area contributed by atoms with Crippen molar-refractivity contribution in [2.24, 2.45) is 22.2 Å². The molecule has 0 spiro atoms. The van der Waals surface area contributed by atoms with Gasteiger partial charge in [-0.15, -0.1) is 0 Å². The molecule has 0 saturated heterocycles. The Morgan fingerprint density at radius 2 is 2.15 bits per heavy atom. The van der Waals surface area contributed by atoms with Gasteiger partial charge in [-0.25, -0.2) is 8.78 Å². The molecule has 1 aromatic carbocycles. The number of carbonyl (C=O) groups is 1. The van der Waals surface area contributed by atoms with E-state index in [1.807, 2.05) is 6.92 Å². The molecule has 108 valence electrons. The van der Waals surface area contributed by atoms with E-state index >= 15 is 0 Å². The van der Waals surface area contributed by atoms with E-state index in [9.17, 15) is 13.6 Å². The standard InChI is InChI=1S/C13H15F2N3O2/c1-7-5-13(6-7,11(16)18-20)12(19)17-10-3-2-8(14)4-9(10)15/h2-4,7,20H,5-6H2,1H3,(H2,16,18)(H,17,19). The molecule has 0 atom stereocenters. The lowest BCUT2D eigenvalue weighted by Gasteiger charge is -2.43. The summed E-state index contributed by atoms with van der Waals surface area (Å²) < 4.78 is 26.3. The molecule has 1 saturated carbocycles. The zero-order chi connectivity index (χ0) is 14.9. The zero-order valence-corrected chi connectivity index (χ0v) is 10.9. The number of nitrogens with zero attached hydrogens (tertiary/aromatic N) is 1. The fourth-order valence-corrected chi connectivity index (χ4v) is 2.57. The highest BCUT2D eigenvalue weighted by Gasteiger charge is 2.52. The van der Waals surface area contributed by atoms with Crippen molar-refractivity contribution in [2.75, 3.05) is 5.32 Å². The van der Waals surface area contributed by atoms with Gasteiger partial charge in [0.25, 0.3) is 0 Å². The molecular weight excluding hydrogens is 268 g/mol. The number of anilines is 1. The molecule has 1 aliphatic carbocycles. The summed E-state index contributed by atoms with van der Waals surface area (Å²) in [6.07, 6.45) is 0.828. The van der Waals surface area contributed by atoms with Gasteiger partial charge in [-0.1, -0.05) is 12.1 Å². The van der Waals surface area contributed by atoms with Gasteiger partial charge in [0.15, 0.2) is 5.84 Å². The maximum atomic E-state index is 13.5. The first-order chi connectivity index (χ1) is 9.39. The molecule has 0 bridgehead atoms. The fourth-order valence-electron chi connectivity index (χ4n) is 2.57. The SMILES string of the molecule is CC1CC(C(=O)Nc2ccc(F)cc2F)(/C(N)=N/O)C1. The highest BCUT2D eigenvalue weighted by atomic mass is 19.1. The molecule has 2 rings (SSSR count). The van der Waals surface area contributed by atoms with Crippen LogP contribution >= 0.6 is 0 Å². The number of nitrogens with two attached hydrogens (primary N) is 1. The first-order valence-corrected chi connectivity index (χ1v) is 6.13. The van der Waals surface area contributed by atoms with E-state index in [0.29, 0.717) is 18.9 Å². The Morgan fingerprint density at radius 1 is 1.50 bits per heavy atom. The lowest BCUT2D eigenvalue weighted by molar-refractivity contribution is -0.127. The van der Waals surface area contributed by atoms with Crippen molar-refractivity contribution in [3.8, 4) is 0 Å². The second kappa shape index (κ2) is 5.07. The van der Waals surface area contributed by atoms with Crippen LogP contribution in [0.2, 0.25) is 0 Å². The minimum absolute atomic E-state index is 0.138. The van der Waals surface area contributed by atoms with Crippen LogP contribution in [0.1, 0.15) is 19.8 Å². The van der Waals surface area contributed by atoms with E-state index in [1.54, 1.807) is 0 Å². The van der Waals surface area contributed by atoms with Gasteiger partial charge >= 0.3 is 0 Å². The Hall–Kier alpha value is -2.18. The Kier molecular flexibility index (Phi) is 3.61. The van der Waals surface area contributed by atoms with Crippen molar-refractivity contribution in [3.63, 3.8) is 0 Å². The molecule has 1 amide bonds. The zero-order valence-electron chi connectivity index (χ0n) is 10.9. The quantitative estimate of drug-likeness (QED) is 0.343. The van der Waals surface area contributed by atoms with E-state index < -0.39 is 23.0 Å². The molecule has 1 aromatic rings. The third kappa shape index (κ3) is 2.31. The summed E-state index contributed by atoms with van der Waals surface area (Å²) in [5, 5.41) is 14.0. The molecule has 7 heteroatoms. The number of amidine groups is 1. The monoisotopic (exact) mass is 283 g/mol. The van der Waals surface area contributed by atoms with E-state index in [0.717, 1.165) is 12.1 Å². The number of hydrogen-bond acceptors (Lipinski definition) is 3. The van der Waals surface area contributed by atoms with Crippen molar-refractivity contribution in [3.05, 3.63) is 29.8 Å². The molecule has 1 aliphatic rings. The fraction of sp³-hybridized carbons (Fsp3) is 0.385. The molecule has 0 aromatic heterocycles. The summed E-state index contributed by atoms with van der Waals surface area (Å²) in [5.74, 6) is -2.12. The van der Waals surface area contributed by atoms with Crippen LogP contribution in [0, 0.1) is 23.0 Å². The summed E-state index contributed by atoms with van der Waals surface area (Å²) in [4.78, 5) is 12.3. The second-order valence-corrected chi connectivity index (χ2v) is 5.16. The minimum atomic E-state index is -1.13. The normalized spacial score (nSPS) is 25.9. The Labute approximate surface area is 114 Å². The number of benzene rings is 1. The van der Waals surface area contributed by atoms with Crippen LogP contribution in [0.4, 0.5) is 14.5 Å². The smallest absolute Gasteiger partial charge is 0.238 e. The van der Waals surface area contributed by atoms with Gasteiger partial charge in [0.2, 0.25) is 5.91 Å². The van der Waals surface area contributed by atoms with Gasteiger partial charge in [-0.3, -0.25) is 4.79 Å². The predicted octanol–water partition coefficient (Wildman–Crippen LogP) is 2.07. The maximum Gasteiger partial charge on any atom is 0.238 e. The summed E-state index contributed by atoms with van der Waals surface area (Å²) in [5.41, 5.74) is 4.31. The summed E-state index contributed by atoms with van der Waals surface area (Å²) >= 11 is 0. The molecule has 0 unspecified atom stereocenters. The van der Waals surface area contributed by atoms with Crippen LogP contribution in [-0.4, -0.2) is 17.0 Å². The number of hydrogen-bond donors (Lipinski definition) is 3. The molecule has 0 heterocycles. The van der Waals surface area contributed by atoms with Crippen molar-refractivity contribution in [1.29, 1.82) is 0 Å². The summed E-state index contributed by atoms with van der Waals surface area (Å²) in [6.45, 7) is 1.93. The molecule has 4 N–H and O–H groups in total. The van der Waals surface area contributed by atoms with Gasteiger partial charge < -0.3 is 16.3 Å². The van der Waals surface area contributed by atoms with Gasteiger partial charge in [0.1, 0.15) is 17.0 Å². The Balaban J connectivity index is 2.22. The molecular formula is C13H15F2N3O2. The molecule has 0 radical (unpaired) electrons. The highest BCUT2D eigenvalue weighted by Crippen LogP contribution is 2.46. The van der Waals surface area contributed by atoms with E-state index in [2.05, 4.69) is 10.5 Å². The number of halogens is 2. The summed E-state index contributed by atoms with van der Waals surface area (Å²) in [7, 11) is 0. The second-order valence-electron chi connectivity index (χ2n) is 5.16. The first-order valence-electron chi connectivity index (χ1n) is 6.13. The molecule has 1 fully saturated rings. The minimum Gasteiger partial charge on any atom is -0.409 e. The van der Waals surface area contributed by atoms with Crippen molar-refractivity contribution in [2.45, 2.75) is 19.8 Å². The van der Waals surface area contributed by atoms with E-state index in [1.165, 1.54) is 0 Å². The largest absolute Gasteiger partial charge is 0.409 e. The van der Waals surface area contributed by atoms with Crippen LogP contribution in [-0.2, 0) is 4.79 Å². The highest BCUT2D eigenvalue weighted by molar-refractivity contribution is 6.12. The van der Waals surface area contributed by atoms with Crippen LogP contribution in [0.3, 0.4) is 0 Å². The topological polar surface area (TPSA) is 87.7 Å². The number of carbonyl (C=O) groups excluding carboxylic acids is 1. The lowest BCUT2D eigenvalue weighted by Crippen LogP contribution is -2.54. The van der Waals surface area contributed by atoms with Gasteiger partial charge in [-0.05, 0) is 30.9 Å². The number of rotatable bonds is 3. The molecule has 5 nitrogen and oxygen atoms in total. The van der Waals surface area contributed by atoms with Crippen LogP contribution in [0.25, 0.3) is 0 Å². The van der Waals surface area contributed by atoms with Crippen molar-refractivity contribution >= 4 is 17.4 Å². The number of amides is 1. The van der Waals surface area contributed by atoms with E-state index in [4.69, 9.17) is 10.9 Å². The molecule has 0 aliphatic heterocycles. The van der Waals surface area contributed by atoms with Crippen molar-refractivity contribution in [1.82, 2.24) is 0 Å². The average molecular weight is 283 g/mol. The van der Waals surface area contributed by atoms with Gasteiger partial charge in [-0.2, -0.15) is 0 Å². The molecule has 20 heavy (non-hydrogen) atoms. The number of nitrogens with one attached hydrogen (secondary N) is 1. The van der Waals surface area contributed by atoms with Crippen molar-refractivity contribution < 1.29 is 18.8 Å². The first kappa shape index (κ1) is 14.2. The van der Waals surface area contributed by atoms with Crippen LogP contribution < -0.4 is 11.1 Å². The lowest BCUT2D eigenvalue weighted by atomic mass is 9.61. The van der Waals surface area contributed by atoms with Crippen LogP contribution in [0.5, 0.6) is 0 Å².